The summed E-state index contributed by atoms with van der Waals surface area (Å²) in [5, 5.41) is 3.97. The number of oxime groups is 1. The molecule has 0 aliphatic carbocycles. The number of nitrogens with zero attached hydrogens (tertiary/aromatic N) is 1. The first-order valence-corrected chi connectivity index (χ1v) is 6.33. The molecule has 0 unspecified atom stereocenters. The van der Waals surface area contributed by atoms with E-state index in [0.29, 0.717) is 0 Å². The van der Waals surface area contributed by atoms with Crippen LogP contribution in [0.5, 0.6) is 11.5 Å². The Hall–Kier alpha value is -2.29. The van der Waals surface area contributed by atoms with Crippen LogP contribution < -0.4 is 4.74 Å². The van der Waals surface area contributed by atoms with E-state index < -0.39 is 0 Å². The zero-order chi connectivity index (χ0) is 13.1. The van der Waals surface area contributed by atoms with E-state index >= 15 is 0 Å². The van der Waals surface area contributed by atoms with Gasteiger partial charge in [0.25, 0.3) is 0 Å². The van der Waals surface area contributed by atoms with Gasteiger partial charge in [0.05, 0.1) is 5.71 Å². The Morgan fingerprint density at radius 2 is 1.68 bits per heavy atom. The molecule has 19 heavy (non-hydrogen) atoms. The van der Waals surface area contributed by atoms with Gasteiger partial charge >= 0.3 is 0 Å². The summed E-state index contributed by atoms with van der Waals surface area (Å²) < 4.78 is 5.75. The lowest BCUT2D eigenvalue weighted by Gasteiger charge is -2.10. The molecular formula is C16H15NO2. The van der Waals surface area contributed by atoms with Crippen molar-refractivity contribution in [1.29, 1.82) is 0 Å². The lowest BCUT2D eigenvalue weighted by Crippen LogP contribution is -1.97. The first kappa shape index (κ1) is 11.8. The molecule has 1 heterocycles. The van der Waals surface area contributed by atoms with Crippen LogP contribution in [0.3, 0.4) is 0 Å². The highest BCUT2D eigenvalue weighted by Crippen LogP contribution is 2.29. The molecule has 0 fully saturated rings. The summed E-state index contributed by atoms with van der Waals surface area (Å²) >= 11 is 0. The molecule has 0 bridgehead atoms. The van der Waals surface area contributed by atoms with E-state index in [0.717, 1.165) is 29.2 Å². The minimum Gasteiger partial charge on any atom is -0.457 e. The summed E-state index contributed by atoms with van der Waals surface area (Å²) in [6, 6.07) is 17.7. The highest BCUT2D eigenvalue weighted by atomic mass is 16.6. The summed E-state index contributed by atoms with van der Waals surface area (Å²) in [5.41, 5.74) is 2.16. The average Bonchev–Trinajstić information content (AvgIpc) is 2.87. The van der Waals surface area contributed by atoms with Crippen molar-refractivity contribution in [2.24, 2.45) is 5.16 Å². The number of para-hydroxylation sites is 1. The smallest absolute Gasteiger partial charge is 0.157 e. The minimum absolute atomic E-state index is 0.0470. The average molecular weight is 253 g/mol. The van der Waals surface area contributed by atoms with Crippen LogP contribution in [0.25, 0.3) is 0 Å². The van der Waals surface area contributed by atoms with Crippen molar-refractivity contribution in [1.82, 2.24) is 0 Å². The molecule has 2 aromatic rings. The van der Waals surface area contributed by atoms with Gasteiger partial charge in [-0.15, -0.1) is 0 Å². The van der Waals surface area contributed by atoms with Crippen LogP contribution >= 0.6 is 0 Å². The Labute approximate surface area is 112 Å². The van der Waals surface area contributed by atoms with Gasteiger partial charge < -0.3 is 9.57 Å². The van der Waals surface area contributed by atoms with Crippen molar-refractivity contribution < 1.29 is 9.57 Å². The predicted molar refractivity (Wildman–Crippen MR) is 74.5 cm³/mol. The van der Waals surface area contributed by atoms with Crippen LogP contribution in [0.1, 0.15) is 25.0 Å². The van der Waals surface area contributed by atoms with Crippen molar-refractivity contribution >= 4 is 5.71 Å². The van der Waals surface area contributed by atoms with Gasteiger partial charge in [-0.05, 0) is 36.8 Å². The highest BCUT2D eigenvalue weighted by Gasteiger charge is 2.19. The molecule has 3 heteroatoms. The molecule has 0 spiro atoms. The molecule has 0 N–H and O–H groups in total. The summed E-state index contributed by atoms with van der Waals surface area (Å²) in [6.07, 6.45) is 0.907. The molecule has 0 saturated carbocycles. The second kappa shape index (κ2) is 5.14. The third kappa shape index (κ3) is 2.76. The van der Waals surface area contributed by atoms with E-state index in [9.17, 15) is 0 Å². The number of rotatable bonds is 3. The standard InChI is InChI=1S/C16H15NO2/c1-12-11-16(19-17-12)13-7-9-15(10-8-13)18-14-5-3-2-4-6-14/h2-10,16H,11H2,1H3/t16-/m1/s1. The number of benzene rings is 2. The summed E-state index contributed by atoms with van der Waals surface area (Å²) in [5.74, 6) is 1.66. The molecule has 2 aromatic carbocycles. The second-order valence-electron chi connectivity index (χ2n) is 4.61. The van der Waals surface area contributed by atoms with Gasteiger partial charge in [0.15, 0.2) is 6.10 Å². The monoisotopic (exact) mass is 253 g/mol. The molecule has 0 aromatic heterocycles. The van der Waals surface area contributed by atoms with Crippen molar-refractivity contribution in [2.45, 2.75) is 19.4 Å². The lowest BCUT2D eigenvalue weighted by molar-refractivity contribution is 0.0857. The maximum atomic E-state index is 5.75. The van der Waals surface area contributed by atoms with Crippen LogP contribution in [-0.4, -0.2) is 5.71 Å². The fourth-order valence-electron chi connectivity index (χ4n) is 2.05. The van der Waals surface area contributed by atoms with Crippen LogP contribution in [0, 0.1) is 0 Å². The number of ether oxygens (including phenoxy) is 1. The molecule has 1 aliphatic heterocycles. The molecule has 96 valence electrons. The van der Waals surface area contributed by atoms with E-state index in [1.165, 1.54) is 0 Å². The van der Waals surface area contributed by atoms with Crippen molar-refractivity contribution in [3.05, 3.63) is 60.2 Å². The SMILES string of the molecule is CC1=NO[C@@H](c2ccc(Oc3ccccc3)cc2)C1. The van der Waals surface area contributed by atoms with Gasteiger partial charge in [0, 0.05) is 6.42 Å². The Balaban J connectivity index is 1.69. The topological polar surface area (TPSA) is 30.8 Å². The first-order chi connectivity index (χ1) is 9.31. The molecule has 0 amide bonds. The van der Waals surface area contributed by atoms with E-state index in [4.69, 9.17) is 9.57 Å². The Morgan fingerprint density at radius 3 is 2.32 bits per heavy atom. The summed E-state index contributed by atoms with van der Waals surface area (Å²) in [7, 11) is 0. The van der Waals surface area contributed by atoms with E-state index in [1.807, 2.05) is 61.5 Å². The molecule has 1 atom stereocenters. The van der Waals surface area contributed by atoms with Crippen molar-refractivity contribution in [3.63, 3.8) is 0 Å². The van der Waals surface area contributed by atoms with Gasteiger partial charge in [0.1, 0.15) is 11.5 Å². The molecule has 3 rings (SSSR count). The highest BCUT2D eigenvalue weighted by molar-refractivity contribution is 5.83. The molecular weight excluding hydrogens is 238 g/mol. The van der Waals surface area contributed by atoms with Crippen LogP contribution in [-0.2, 0) is 4.84 Å². The zero-order valence-electron chi connectivity index (χ0n) is 10.7. The largest absolute Gasteiger partial charge is 0.457 e. The van der Waals surface area contributed by atoms with Gasteiger partial charge in [-0.1, -0.05) is 35.5 Å². The summed E-state index contributed by atoms with van der Waals surface area (Å²) in [6.45, 7) is 1.98. The fraction of sp³-hybridized carbons (Fsp3) is 0.188. The van der Waals surface area contributed by atoms with Crippen LogP contribution in [0.2, 0.25) is 0 Å². The van der Waals surface area contributed by atoms with Gasteiger partial charge in [0.2, 0.25) is 0 Å². The fourth-order valence-corrected chi connectivity index (χ4v) is 2.05. The van der Waals surface area contributed by atoms with Gasteiger partial charge in [-0.25, -0.2) is 0 Å². The lowest BCUT2D eigenvalue weighted by atomic mass is 10.1. The third-order valence-electron chi connectivity index (χ3n) is 3.05. The molecule has 1 aliphatic rings. The van der Waals surface area contributed by atoms with Gasteiger partial charge in [-0.3, -0.25) is 0 Å². The first-order valence-electron chi connectivity index (χ1n) is 6.33. The van der Waals surface area contributed by atoms with Crippen LogP contribution in [0.4, 0.5) is 0 Å². The van der Waals surface area contributed by atoms with Crippen molar-refractivity contribution in [3.8, 4) is 11.5 Å². The number of hydrogen-bond acceptors (Lipinski definition) is 3. The maximum absolute atomic E-state index is 5.75. The maximum Gasteiger partial charge on any atom is 0.157 e. The predicted octanol–water partition coefficient (Wildman–Crippen LogP) is 4.32. The Bertz CT molecular complexity index is 575. The van der Waals surface area contributed by atoms with E-state index in [2.05, 4.69) is 5.16 Å². The van der Waals surface area contributed by atoms with E-state index in [-0.39, 0.29) is 6.10 Å². The summed E-state index contributed by atoms with van der Waals surface area (Å²) in [4.78, 5) is 5.36. The Kier molecular flexibility index (Phi) is 3.19. The minimum atomic E-state index is 0.0470. The number of hydrogen-bond donors (Lipinski definition) is 0. The molecule has 0 radical (unpaired) electrons. The molecule has 3 nitrogen and oxygen atoms in total. The van der Waals surface area contributed by atoms with Crippen LogP contribution in [0.15, 0.2) is 59.8 Å². The third-order valence-corrected chi connectivity index (χ3v) is 3.05. The molecule has 0 saturated heterocycles. The second-order valence-corrected chi connectivity index (χ2v) is 4.61. The normalized spacial score (nSPS) is 17.7. The zero-order valence-corrected chi connectivity index (χ0v) is 10.7. The Morgan fingerprint density at radius 1 is 1.00 bits per heavy atom. The van der Waals surface area contributed by atoms with E-state index in [1.54, 1.807) is 0 Å². The van der Waals surface area contributed by atoms with Gasteiger partial charge in [-0.2, -0.15) is 0 Å². The van der Waals surface area contributed by atoms with Crippen molar-refractivity contribution in [2.75, 3.05) is 0 Å². The quantitative estimate of drug-likeness (QED) is 0.815.